The van der Waals surface area contributed by atoms with Crippen molar-refractivity contribution in [3.05, 3.63) is 12.2 Å². The number of hydrogen-bond acceptors (Lipinski definition) is 2. The third-order valence-electron chi connectivity index (χ3n) is 1.21. The van der Waals surface area contributed by atoms with Crippen LogP contribution in [0.5, 0.6) is 0 Å². The lowest BCUT2D eigenvalue weighted by Crippen LogP contribution is -2.25. The Morgan fingerprint density at radius 3 is 2.27 bits per heavy atom. The van der Waals surface area contributed by atoms with E-state index in [1.54, 1.807) is 0 Å². The van der Waals surface area contributed by atoms with Gasteiger partial charge in [-0.1, -0.05) is 6.58 Å². The van der Waals surface area contributed by atoms with Crippen molar-refractivity contribution in [2.45, 2.75) is 18.7 Å². The highest BCUT2D eigenvalue weighted by atomic mass is 19.4. The number of alkyl halides is 3. The molecular weight excluding hydrogens is 159 g/mol. The molecular formula is C6H10F3NO. The monoisotopic (exact) mass is 169 g/mol. The third-order valence-corrected chi connectivity index (χ3v) is 1.21. The minimum absolute atomic E-state index is 0.0102. The van der Waals surface area contributed by atoms with Crippen molar-refractivity contribution in [1.29, 1.82) is 0 Å². The van der Waals surface area contributed by atoms with Gasteiger partial charge in [-0.05, 0) is 13.0 Å². The summed E-state index contributed by atoms with van der Waals surface area (Å²) in [5, 5.41) is 8.75. The summed E-state index contributed by atoms with van der Waals surface area (Å²) in [6.45, 7) is 2.72. The van der Waals surface area contributed by atoms with Gasteiger partial charge in [-0.3, -0.25) is 0 Å². The molecule has 0 aliphatic heterocycles. The van der Waals surface area contributed by atoms with Crippen molar-refractivity contribution in [1.82, 2.24) is 0 Å². The minimum Gasteiger partial charge on any atom is -0.388 e. The first-order valence-corrected chi connectivity index (χ1v) is 3.03. The first-order valence-electron chi connectivity index (χ1n) is 3.03. The lowest BCUT2D eigenvalue weighted by molar-refractivity contribution is -0.105. The summed E-state index contributed by atoms with van der Waals surface area (Å²) < 4.78 is 35.2. The van der Waals surface area contributed by atoms with Crippen LogP contribution in [-0.4, -0.2) is 23.9 Å². The molecule has 0 aliphatic rings. The van der Waals surface area contributed by atoms with Gasteiger partial charge in [-0.2, -0.15) is 13.2 Å². The Labute approximate surface area is 62.5 Å². The third kappa shape index (κ3) is 3.38. The molecule has 0 amide bonds. The van der Waals surface area contributed by atoms with Crippen molar-refractivity contribution in [3.8, 4) is 0 Å². The fourth-order valence-electron chi connectivity index (χ4n) is 0.521. The van der Waals surface area contributed by atoms with Crippen molar-refractivity contribution in [2.75, 3.05) is 6.54 Å². The zero-order valence-corrected chi connectivity index (χ0v) is 5.86. The molecule has 3 N–H and O–H groups in total. The average molecular weight is 169 g/mol. The second-order valence-electron chi connectivity index (χ2n) is 2.12. The number of rotatable bonds is 3. The maximum absolute atomic E-state index is 11.7. The van der Waals surface area contributed by atoms with Crippen molar-refractivity contribution >= 4 is 0 Å². The van der Waals surface area contributed by atoms with Crippen LogP contribution < -0.4 is 5.73 Å². The van der Waals surface area contributed by atoms with Gasteiger partial charge in [0.15, 0.2) is 0 Å². The smallest absolute Gasteiger partial charge is 0.388 e. The van der Waals surface area contributed by atoms with E-state index in [1.807, 2.05) is 0 Å². The van der Waals surface area contributed by atoms with E-state index in [0.29, 0.717) is 0 Å². The lowest BCUT2D eigenvalue weighted by Gasteiger charge is -2.14. The highest BCUT2D eigenvalue weighted by molar-refractivity contribution is 5.08. The van der Waals surface area contributed by atoms with Crippen LogP contribution in [0.1, 0.15) is 6.42 Å². The van der Waals surface area contributed by atoms with Gasteiger partial charge in [0.2, 0.25) is 0 Å². The van der Waals surface area contributed by atoms with Gasteiger partial charge in [0.1, 0.15) is 0 Å². The van der Waals surface area contributed by atoms with Gasteiger partial charge in [0, 0.05) is 0 Å². The van der Waals surface area contributed by atoms with Crippen LogP contribution in [0.25, 0.3) is 0 Å². The van der Waals surface area contributed by atoms with Crippen LogP contribution in [0.4, 0.5) is 13.2 Å². The summed E-state index contributed by atoms with van der Waals surface area (Å²) in [6, 6.07) is 0. The van der Waals surface area contributed by atoms with Crippen LogP contribution >= 0.6 is 0 Å². The van der Waals surface area contributed by atoms with Gasteiger partial charge in [0.25, 0.3) is 0 Å². The molecule has 0 aromatic rings. The van der Waals surface area contributed by atoms with Crippen molar-refractivity contribution in [2.24, 2.45) is 5.73 Å². The summed E-state index contributed by atoms with van der Waals surface area (Å²) in [5.41, 5.74) is 3.81. The molecule has 66 valence electrons. The number of aliphatic hydroxyl groups is 1. The van der Waals surface area contributed by atoms with E-state index >= 15 is 0 Å². The van der Waals surface area contributed by atoms with E-state index in [0.717, 1.165) is 0 Å². The molecule has 0 fully saturated rings. The summed E-state index contributed by atoms with van der Waals surface area (Å²) in [5.74, 6) is 0. The SMILES string of the molecule is C=C(C(O)CCN)C(F)(F)F. The predicted molar refractivity (Wildman–Crippen MR) is 34.9 cm³/mol. The zero-order valence-electron chi connectivity index (χ0n) is 5.86. The molecule has 0 saturated heterocycles. The van der Waals surface area contributed by atoms with Gasteiger partial charge in [-0.15, -0.1) is 0 Å². The molecule has 0 aromatic carbocycles. The highest BCUT2D eigenvalue weighted by Crippen LogP contribution is 2.27. The summed E-state index contributed by atoms with van der Waals surface area (Å²) >= 11 is 0. The van der Waals surface area contributed by atoms with Crippen LogP contribution in [-0.2, 0) is 0 Å². The first-order chi connectivity index (χ1) is 4.89. The zero-order chi connectivity index (χ0) is 9.07. The maximum atomic E-state index is 11.7. The molecule has 5 heteroatoms. The number of nitrogens with two attached hydrogens (primary N) is 1. The Kier molecular flexibility index (Phi) is 3.54. The topological polar surface area (TPSA) is 46.2 Å². The quantitative estimate of drug-likeness (QED) is 0.614. The van der Waals surface area contributed by atoms with E-state index in [9.17, 15) is 13.2 Å². The second kappa shape index (κ2) is 3.73. The van der Waals surface area contributed by atoms with Crippen LogP contribution in [0.15, 0.2) is 12.2 Å². The van der Waals surface area contributed by atoms with Crippen LogP contribution in [0, 0.1) is 0 Å². The first kappa shape index (κ1) is 10.4. The van der Waals surface area contributed by atoms with Crippen molar-refractivity contribution in [3.63, 3.8) is 0 Å². The van der Waals surface area contributed by atoms with Gasteiger partial charge < -0.3 is 10.8 Å². The van der Waals surface area contributed by atoms with Gasteiger partial charge >= 0.3 is 6.18 Å². The number of hydrogen-bond donors (Lipinski definition) is 2. The molecule has 2 nitrogen and oxygen atoms in total. The van der Waals surface area contributed by atoms with Crippen LogP contribution in [0.3, 0.4) is 0 Å². The predicted octanol–water partition coefficient (Wildman–Crippen LogP) is 0.815. The van der Waals surface area contributed by atoms with E-state index in [2.05, 4.69) is 6.58 Å². The normalized spacial score (nSPS) is 14.6. The Morgan fingerprint density at radius 1 is 1.55 bits per heavy atom. The average Bonchev–Trinajstić information content (AvgIpc) is 1.85. The minimum atomic E-state index is -4.52. The number of halogens is 3. The molecule has 0 bridgehead atoms. The van der Waals surface area contributed by atoms with E-state index < -0.39 is 17.9 Å². The van der Waals surface area contributed by atoms with Crippen LogP contribution in [0.2, 0.25) is 0 Å². The fraction of sp³-hybridized carbons (Fsp3) is 0.667. The molecule has 11 heavy (non-hydrogen) atoms. The Morgan fingerprint density at radius 2 is 2.00 bits per heavy atom. The molecule has 0 spiro atoms. The standard InChI is InChI=1S/C6H10F3NO/c1-4(6(7,8)9)5(11)2-3-10/h5,11H,1-3,10H2. The number of aliphatic hydroxyl groups excluding tert-OH is 1. The fourth-order valence-corrected chi connectivity index (χ4v) is 0.521. The van der Waals surface area contributed by atoms with E-state index in [4.69, 9.17) is 10.8 Å². The maximum Gasteiger partial charge on any atom is 0.414 e. The molecule has 0 aromatic heterocycles. The molecule has 0 saturated carbocycles. The molecule has 0 radical (unpaired) electrons. The highest BCUT2D eigenvalue weighted by Gasteiger charge is 2.35. The van der Waals surface area contributed by atoms with E-state index in [1.165, 1.54) is 0 Å². The summed E-state index contributed by atoms with van der Waals surface area (Å²) in [6.07, 6.45) is -6.20. The molecule has 0 heterocycles. The molecule has 0 rings (SSSR count). The Balaban J connectivity index is 4.03. The summed E-state index contributed by atoms with van der Waals surface area (Å²) in [7, 11) is 0. The molecule has 0 aliphatic carbocycles. The Bertz CT molecular complexity index is 143. The van der Waals surface area contributed by atoms with Crippen molar-refractivity contribution < 1.29 is 18.3 Å². The van der Waals surface area contributed by atoms with Gasteiger partial charge in [-0.25, -0.2) is 0 Å². The second-order valence-corrected chi connectivity index (χ2v) is 2.12. The Hall–Kier alpha value is -0.550. The largest absolute Gasteiger partial charge is 0.414 e. The lowest BCUT2D eigenvalue weighted by atomic mass is 10.1. The van der Waals surface area contributed by atoms with E-state index in [-0.39, 0.29) is 13.0 Å². The van der Waals surface area contributed by atoms with Gasteiger partial charge in [0.05, 0.1) is 11.7 Å². The molecule has 1 atom stereocenters. The molecule has 1 unspecified atom stereocenters. The summed E-state index contributed by atoms with van der Waals surface area (Å²) in [4.78, 5) is 0.